The summed E-state index contributed by atoms with van der Waals surface area (Å²) in [6, 6.07) is 0. The van der Waals surface area contributed by atoms with Crippen LogP contribution in [0.25, 0.3) is 0 Å². The Morgan fingerprint density at radius 1 is 1.70 bits per heavy atom. The lowest BCUT2D eigenvalue weighted by Gasteiger charge is -2.21. The molecule has 0 fully saturated rings. The van der Waals surface area contributed by atoms with E-state index in [0.717, 1.165) is 0 Å². The Balaban J connectivity index is 4.38. The Labute approximate surface area is 60.0 Å². The largest absolute Gasteiger partial charge is 0.389 e. The van der Waals surface area contributed by atoms with Gasteiger partial charge in [0.15, 0.2) is 0 Å². The van der Waals surface area contributed by atoms with Crippen molar-refractivity contribution in [3.05, 3.63) is 10.1 Å². The van der Waals surface area contributed by atoms with E-state index in [2.05, 4.69) is 0 Å². The summed E-state index contributed by atoms with van der Waals surface area (Å²) >= 11 is 0. The van der Waals surface area contributed by atoms with Gasteiger partial charge in [-0.15, -0.1) is 0 Å². The van der Waals surface area contributed by atoms with Gasteiger partial charge in [0.25, 0.3) is 0 Å². The maximum Gasteiger partial charge on any atom is 0.244 e. The van der Waals surface area contributed by atoms with Crippen LogP contribution in [0.5, 0.6) is 0 Å². The predicted octanol–water partition coefficient (Wildman–Crippen LogP) is 0.670. The number of nitrogens with zero attached hydrogens (tertiary/aromatic N) is 1. The molecule has 0 aliphatic carbocycles. The highest BCUT2D eigenvalue weighted by Crippen LogP contribution is 2.18. The van der Waals surface area contributed by atoms with Crippen LogP contribution in [0, 0.1) is 16.0 Å². The first-order valence-electron chi connectivity index (χ1n) is 3.20. The standard InChI is InChI=1S/C6H13NO3/c1-5(2)6(3,4-8)7(9)10/h5,8H,4H2,1-3H3. The molecule has 0 aromatic rings. The highest BCUT2D eigenvalue weighted by atomic mass is 16.6. The first kappa shape index (κ1) is 9.36. The van der Waals surface area contributed by atoms with E-state index in [9.17, 15) is 10.1 Å². The van der Waals surface area contributed by atoms with E-state index in [1.54, 1.807) is 13.8 Å². The Morgan fingerprint density at radius 2 is 2.10 bits per heavy atom. The Kier molecular flexibility index (Phi) is 2.77. The van der Waals surface area contributed by atoms with Gasteiger partial charge in [0.05, 0.1) is 0 Å². The van der Waals surface area contributed by atoms with Crippen molar-refractivity contribution in [3.8, 4) is 0 Å². The quantitative estimate of drug-likeness (QED) is 0.471. The average Bonchev–Trinajstić information content (AvgIpc) is 1.85. The van der Waals surface area contributed by atoms with Crippen molar-refractivity contribution in [1.82, 2.24) is 0 Å². The van der Waals surface area contributed by atoms with Crippen LogP contribution in [0.4, 0.5) is 0 Å². The summed E-state index contributed by atoms with van der Waals surface area (Å²) < 4.78 is 0. The highest BCUT2D eigenvalue weighted by molar-refractivity contribution is 4.75. The summed E-state index contributed by atoms with van der Waals surface area (Å²) in [5.74, 6) is -0.146. The second-order valence-corrected chi connectivity index (χ2v) is 2.93. The van der Waals surface area contributed by atoms with Crippen molar-refractivity contribution in [1.29, 1.82) is 0 Å². The van der Waals surface area contributed by atoms with Crippen LogP contribution < -0.4 is 0 Å². The van der Waals surface area contributed by atoms with Gasteiger partial charge in [0, 0.05) is 17.8 Å². The van der Waals surface area contributed by atoms with E-state index in [0.29, 0.717) is 0 Å². The minimum Gasteiger partial charge on any atom is -0.389 e. The predicted molar refractivity (Wildman–Crippen MR) is 37.3 cm³/mol. The molecule has 0 aromatic carbocycles. The molecule has 4 nitrogen and oxygen atoms in total. The fourth-order valence-electron chi connectivity index (χ4n) is 0.451. The molecule has 60 valence electrons. The molecular weight excluding hydrogens is 134 g/mol. The van der Waals surface area contributed by atoms with Crippen LogP contribution in [0.2, 0.25) is 0 Å². The lowest BCUT2D eigenvalue weighted by atomic mass is 9.90. The van der Waals surface area contributed by atoms with Crippen molar-refractivity contribution < 1.29 is 10.0 Å². The first-order valence-corrected chi connectivity index (χ1v) is 3.20. The molecule has 0 spiro atoms. The lowest BCUT2D eigenvalue weighted by Crippen LogP contribution is -2.43. The van der Waals surface area contributed by atoms with Gasteiger partial charge in [-0.05, 0) is 0 Å². The molecule has 0 saturated carbocycles. The van der Waals surface area contributed by atoms with Crippen molar-refractivity contribution in [3.63, 3.8) is 0 Å². The van der Waals surface area contributed by atoms with Crippen molar-refractivity contribution in [2.75, 3.05) is 6.61 Å². The smallest absolute Gasteiger partial charge is 0.244 e. The van der Waals surface area contributed by atoms with E-state index in [1.165, 1.54) is 6.92 Å². The summed E-state index contributed by atoms with van der Waals surface area (Å²) in [6.45, 7) is 4.48. The minimum atomic E-state index is -1.18. The number of rotatable bonds is 3. The SMILES string of the molecule is CC(C)C(C)(CO)[N+](=O)[O-]. The molecular formula is C6H13NO3. The van der Waals surface area contributed by atoms with Crippen LogP contribution >= 0.6 is 0 Å². The van der Waals surface area contributed by atoms with E-state index in [-0.39, 0.29) is 5.92 Å². The molecule has 4 heteroatoms. The molecule has 0 aromatic heterocycles. The van der Waals surface area contributed by atoms with Crippen LogP contribution in [0.3, 0.4) is 0 Å². The molecule has 1 unspecified atom stereocenters. The molecule has 1 atom stereocenters. The van der Waals surface area contributed by atoms with Gasteiger partial charge in [-0.1, -0.05) is 13.8 Å². The Hall–Kier alpha value is -0.640. The first-order chi connectivity index (χ1) is 4.45. The molecule has 0 radical (unpaired) electrons. The Bertz CT molecular complexity index is 135. The fourth-order valence-corrected chi connectivity index (χ4v) is 0.451. The maximum absolute atomic E-state index is 10.3. The summed E-state index contributed by atoms with van der Waals surface area (Å²) in [5, 5.41) is 19.0. The third kappa shape index (κ3) is 1.44. The normalized spacial score (nSPS) is 16.9. The van der Waals surface area contributed by atoms with Gasteiger partial charge in [-0.3, -0.25) is 10.1 Å². The number of aliphatic hydroxyl groups is 1. The fraction of sp³-hybridized carbons (Fsp3) is 1.00. The van der Waals surface area contributed by atoms with Gasteiger partial charge in [-0.2, -0.15) is 0 Å². The van der Waals surface area contributed by atoms with E-state index >= 15 is 0 Å². The van der Waals surface area contributed by atoms with Crippen LogP contribution in [-0.2, 0) is 0 Å². The molecule has 0 bridgehead atoms. The molecule has 0 aliphatic heterocycles. The zero-order valence-electron chi connectivity index (χ0n) is 6.50. The molecule has 0 heterocycles. The van der Waals surface area contributed by atoms with Crippen molar-refractivity contribution >= 4 is 0 Å². The number of nitro groups is 1. The molecule has 10 heavy (non-hydrogen) atoms. The topological polar surface area (TPSA) is 63.4 Å². The minimum absolute atomic E-state index is 0.146. The molecule has 0 amide bonds. The average molecular weight is 147 g/mol. The van der Waals surface area contributed by atoms with Crippen LogP contribution in [0.1, 0.15) is 20.8 Å². The number of hydrogen-bond acceptors (Lipinski definition) is 3. The summed E-state index contributed by atoms with van der Waals surface area (Å²) in [6.07, 6.45) is 0. The van der Waals surface area contributed by atoms with Gasteiger partial charge in [-0.25, -0.2) is 0 Å². The van der Waals surface area contributed by atoms with Gasteiger partial charge in [0.1, 0.15) is 6.61 Å². The third-order valence-electron chi connectivity index (χ3n) is 1.98. The molecule has 0 aliphatic rings. The third-order valence-corrected chi connectivity index (χ3v) is 1.98. The monoisotopic (exact) mass is 147 g/mol. The van der Waals surface area contributed by atoms with E-state index in [4.69, 9.17) is 5.11 Å². The lowest BCUT2D eigenvalue weighted by molar-refractivity contribution is -0.578. The second-order valence-electron chi connectivity index (χ2n) is 2.93. The van der Waals surface area contributed by atoms with Crippen LogP contribution in [0.15, 0.2) is 0 Å². The number of aliphatic hydroxyl groups excluding tert-OH is 1. The van der Waals surface area contributed by atoms with Crippen molar-refractivity contribution in [2.45, 2.75) is 26.3 Å². The Morgan fingerprint density at radius 3 is 2.10 bits per heavy atom. The summed E-state index contributed by atoms with van der Waals surface area (Å²) in [4.78, 5) is 9.91. The molecule has 1 N–H and O–H groups in total. The summed E-state index contributed by atoms with van der Waals surface area (Å²) in [7, 11) is 0. The highest BCUT2D eigenvalue weighted by Gasteiger charge is 2.39. The molecule has 0 rings (SSSR count). The van der Waals surface area contributed by atoms with Crippen molar-refractivity contribution in [2.24, 2.45) is 5.92 Å². The van der Waals surface area contributed by atoms with Gasteiger partial charge >= 0.3 is 0 Å². The van der Waals surface area contributed by atoms with Crippen LogP contribution in [-0.4, -0.2) is 22.2 Å². The zero-order valence-corrected chi connectivity index (χ0v) is 6.50. The summed E-state index contributed by atoms with van der Waals surface area (Å²) in [5.41, 5.74) is -1.18. The van der Waals surface area contributed by atoms with Gasteiger partial charge in [0.2, 0.25) is 5.54 Å². The van der Waals surface area contributed by atoms with E-state index in [1.807, 2.05) is 0 Å². The molecule has 0 saturated heterocycles. The zero-order chi connectivity index (χ0) is 8.36. The van der Waals surface area contributed by atoms with Gasteiger partial charge < -0.3 is 5.11 Å². The number of hydrogen-bond donors (Lipinski definition) is 1. The second kappa shape index (κ2) is 2.96. The van der Waals surface area contributed by atoms with E-state index < -0.39 is 17.1 Å². The maximum atomic E-state index is 10.3.